The highest BCUT2D eigenvalue weighted by Crippen LogP contribution is 2.48. The van der Waals surface area contributed by atoms with Crippen LogP contribution >= 0.6 is 11.3 Å². The molecule has 2 aliphatic rings. The molecular weight excluding hydrogens is 370 g/mol. The number of hydrogen-bond donors (Lipinski definition) is 2. The van der Waals surface area contributed by atoms with Gasteiger partial charge in [-0.25, -0.2) is 0 Å². The number of rotatable bonds is 6. The molecule has 2 heterocycles. The molecule has 1 fully saturated rings. The number of fused-ring (bicyclic) bond motifs is 1. The third-order valence-corrected chi connectivity index (χ3v) is 6.85. The highest BCUT2D eigenvalue weighted by atomic mass is 32.1. The van der Waals surface area contributed by atoms with E-state index < -0.39 is 0 Å². The topological polar surface area (TPSA) is 61.4 Å². The number of anilines is 1. The van der Waals surface area contributed by atoms with E-state index in [2.05, 4.69) is 27.0 Å². The molecule has 6 heteroatoms. The van der Waals surface area contributed by atoms with Gasteiger partial charge in [0.2, 0.25) is 11.8 Å². The number of thiophene rings is 1. The van der Waals surface area contributed by atoms with Crippen LogP contribution in [0.4, 0.5) is 5.69 Å². The van der Waals surface area contributed by atoms with Crippen LogP contribution in [0.15, 0.2) is 29.6 Å². The molecule has 1 aromatic carbocycles. The first-order chi connectivity index (χ1) is 13.5. The normalized spacial score (nSPS) is 19.1. The van der Waals surface area contributed by atoms with Gasteiger partial charge in [-0.05, 0) is 73.2 Å². The van der Waals surface area contributed by atoms with Crippen LogP contribution in [0.1, 0.15) is 40.5 Å². The number of carbonyl (C=O) groups excluding carboxylic acids is 2. The van der Waals surface area contributed by atoms with Crippen molar-refractivity contribution in [2.24, 2.45) is 5.92 Å². The summed E-state index contributed by atoms with van der Waals surface area (Å²) < 4.78 is 0. The molecule has 28 heavy (non-hydrogen) atoms. The second-order valence-electron chi connectivity index (χ2n) is 7.87. The van der Waals surface area contributed by atoms with Crippen molar-refractivity contribution >= 4 is 28.8 Å². The molecule has 1 aliphatic carbocycles. The van der Waals surface area contributed by atoms with Crippen molar-refractivity contribution in [3.05, 3.63) is 51.2 Å². The summed E-state index contributed by atoms with van der Waals surface area (Å²) in [5.41, 5.74) is 4.40. The lowest BCUT2D eigenvalue weighted by Gasteiger charge is -2.35. The molecule has 148 valence electrons. The van der Waals surface area contributed by atoms with E-state index in [1.54, 1.807) is 0 Å². The van der Waals surface area contributed by atoms with Crippen molar-refractivity contribution in [3.8, 4) is 0 Å². The maximum absolute atomic E-state index is 12.5. The van der Waals surface area contributed by atoms with Gasteiger partial charge in [0.25, 0.3) is 0 Å². The summed E-state index contributed by atoms with van der Waals surface area (Å²) in [7, 11) is 0. The largest absolute Gasteiger partial charge is 0.346 e. The van der Waals surface area contributed by atoms with Gasteiger partial charge in [-0.1, -0.05) is 12.1 Å². The minimum Gasteiger partial charge on any atom is -0.346 e. The third kappa shape index (κ3) is 4.13. The lowest BCUT2D eigenvalue weighted by atomic mass is 9.96. The summed E-state index contributed by atoms with van der Waals surface area (Å²) >= 11 is 1.83. The number of nitrogens with one attached hydrogen (secondary N) is 2. The van der Waals surface area contributed by atoms with E-state index in [-0.39, 0.29) is 18.4 Å². The van der Waals surface area contributed by atoms with Crippen LogP contribution in [0.5, 0.6) is 0 Å². The van der Waals surface area contributed by atoms with Crippen LogP contribution in [0, 0.1) is 19.8 Å². The highest BCUT2D eigenvalue weighted by molar-refractivity contribution is 7.10. The minimum absolute atomic E-state index is 0.00213. The summed E-state index contributed by atoms with van der Waals surface area (Å²) in [4.78, 5) is 28.5. The Bertz CT molecular complexity index is 888. The van der Waals surface area contributed by atoms with Gasteiger partial charge < -0.3 is 10.6 Å². The predicted octanol–water partition coefficient (Wildman–Crippen LogP) is 3.43. The Morgan fingerprint density at radius 2 is 2.00 bits per heavy atom. The summed E-state index contributed by atoms with van der Waals surface area (Å²) in [6.45, 7) is 5.26. The fraction of sp³-hybridized carbons (Fsp3) is 0.455. The smallest absolute Gasteiger partial charge is 0.243 e. The Balaban J connectivity index is 1.31. The molecule has 0 radical (unpaired) electrons. The lowest BCUT2D eigenvalue weighted by molar-refractivity contribution is -0.125. The zero-order valence-electron chi connectivity index (χ0n) is 16.5. The first-order valence-corrected chi connectivity index (χ1v) is 10.8. The quantitative estimate of drug-likeness (QED) is 0.785. The molecule has 0 saturated heterocycles. The number of amides is 2. The second-order valence-corrected chi connectivity index (χ2v) is 8.87. The van der Waals surface area contributed by atoms with Crippen molar-refractivity contribution < 1.29 is 9.59 Å². The summed E-state index contributed by atoms with van der Waals surface area (Å²) in [6, 6.07) is 8.41. The van der Waals surface area contributed by atoms with Gasteiger partial charge in [0.05, 0.1) is 13.1 Å². The van der Waals surface area contributed by atoms with E-state index in [1.165, 1.54) is 23.3 Å². The number of carbonyl (C=O) groups is 2. The van der Waals surface area contributed by atoms with E-state index >= 15 is 0 Å². The molecular formula is C22H27N3O2S. The van der Waals surface area contributed by atoms with Crippen LogP contribution in [-0.2, 0) is 16.0 Å². The Kier molecular flexibility index (Phi) is 5.51. The molecule has 1 saturated carbocycles. The number of benzene rings is 1. The van der Waals surface area contributed by atoms with Crippen molar-refractivity contribution in [1.82, 2.24) is 10.2 Å². The maximum atomic E-state index is 12.5. The molecule has 1 atom stereocenters. The van der Waals surface area contributed by atoms with Gasteiger partial charge in [-0.15, -0.1) is 11.3 Å². The van der Waals surface area contributed by atoms with Gasteiger partial charge in [-0.2, -0.15) is 0 Å². The van der Waals surface area contributed by atoms with E-state index in [4.69, 9.17) is 0 Å². The number of aryl methyl sites for hydroxylation is 1. The summed E-state index contributed by atoms with van der Waals surface area (Å²) in [5, 5.41) is 7.85. The number of nitrogens with zero attached hydrogens (tertiary/aromatic N) is 1. The van der Waals surface area contributed by atoms with Gasteiger partial charge in [-0.3, -0.25) is 14.5 Å². The molecule has 1 aliphatic heterocycles. The molecule has 2 aromatic rings. The average molecular weight is 398 g/mol. The van der Waals surface area contributed by atoms with Crippen molar-refractivity contribution in [3.63, 3.8) is 0 Å². The number of hydrogen-bond acceptors (Lipinski definition) is 4. The van der Waals surface area contributed by atoms with Crippen molar-refractivity contribution in [2.45, 2.75) is 39.2 Å². The summed E-state index contributed by atoms with van der Waals surface area (Å²) in [5.74, 6) is 0.397. The van der Waals surface area contributed by atoms with Gasteiger partial charge in [0, 0.05) is 23.2 Å². The van der Waals surface area contributed by atoms with Crippen LogP contribution in [0.3, 0.4) is 0 Å². The van der Waals surface area contributed by atoms with Gasteiger partial charge in [0.1, 0.15) is 0 Å². The van der Waals surface area contributed by atoms with E-state index in [1.807, 2.05) is 43.4 Å². The SMILES string of the molecule is Cc1cccc(NC(=O)CNC(=O)CN2CCc3sccc3[C@H]2C2CC2)c1C. The fourth-order valence-corrected chi connectivity index (χ4v) is 4.95. The van der Waals surface area contributed by atoms with Crippen molar-refractivity contribution in [2.75, 3.05) is 25.0 Å². The molecule has 0 bridgehead atoms. The van der Waals surface area contributed by atoms with Crippen LogP contribution < -0.4 is 10.6 Å². The zero-order chi connectivity index (χ0) is 19.7. The first kappa shape index (κ1) is 19.2. The van der Waals surface area contributed by atoms with E-state index in [0.717, 1.165) is 29.8 Å². The zero-order valence-corrected chi connectivity index (χ0v) is 17.3. The molecule has 5 nitrogen and oxygen atoms in total. The second kappa shape index (κ2) is 8.05. The maximum Gasteiger partial charge on any atom is 0.243 e. The molecule has 2 N–H and O–H groups in total. The van der Waals surface area contributed by atoms with E-state index in [9.17, 15) is 9.59 Å². The Hall–Kier alpha value is -2.18. The highest BCUT2D eigenvalue weighted by Gasteiger charge is 2.40. The minimum atomic E-state index is -0.195. The van der Waals surface area contributed by atoms with Crippen molar-refractivity contribution in [1.29, 1.82) is 0 Å². The third-order valence-electron chi connectivity index (χ3n) is 5.86. The van der Waals surface area contributed by atoms with Crippen LogP contribution in [-0.4, -0.2) is 36.3 Å². The standard InChI is InChI=1S/C22H27N3O2S/c1-14-4-3-5-18(15(14)2)24-20(26)12-23-21(27)13-25-10-8-19-17(9-11-28-19)22(25)16-6-7-16/h3-5,9,11,16,22H,6-8,10,12-13H2,1-2H3,(H,23,27)(H,24,26)/t22-/m1/s1. The van der Waals surface area contributed by atoms with Crippen LogP contribution in [0.25, 0.3) is 0 Å². The van der Waals surface area contributed by atoms with Gasteiger partial charge in [0.15, 0.2) is 0 Å². The Morgan fingerprint density at radius 3 is 2.79 bits per heavy atom. The predicted molar refractivity (Wildman–Crippen MR) is 113 cm³/mol. The average Bonchev–Trinajstić information content (AvgIpc) is 3.39. The first-order valence-electron chi connectivity index (χ1n) is 9.96. The summed E-state index contributed by atoms with van der Waals surface area (Å²) in [6.07, 6.45) is 3.50. The lowest BCUT2D eigenvalue weighted by Crippen LogP contribution is -2.44. The monoisotopic (exact) mass is 397 g/mol. The fourth-order valence-electron chi connectivity index (χ4n) is 4.04. The van der Waals surface area contributed by atoms with Gasteiger partial charge >= 0.3 is 0 Å². The molecule has 1 aromatic heterocycles. The molecule has 2 amide bonds. The van der Waals surface area contributed by atoms with Crippen LogP contribution in [0.2, 0.25) is 0 Å². The molecule has 4 rings (SSSR count). The van der Waals surface area contributed by atoms with E-state index in [0.29, 0.717) is 18.5 Å². The Labute approximate surface area is 170 Å². The molecule has 0 spiro atoms. The Morgan fingerprint density at radius 1 is 1.18 bits per heavy atom. The molecule has 0 unspecified atom stereocenters.